The van der Waals surface area contributed by atoms with Gasteiger partial charge in [-0.1, -0.05) is 0 Å². The van der Waals surface area contributed by atoms with Crippen LogP contribution in [0.1, 0.15) is 5.56 Å². The van der Waals surface area contributed by atoms with Crippen molar-refractivity contribution >= 4 is 17.1 Å². The van der Waals surface area contributed by atoms with Gasteiger partial charge < -0.3 is 11.1 Å². The average molecular weight is 279 g/mol. The number of nitro groups is 1. The van der Waals surface area contributed by atoms with Gasteiger partial charge in [0.25, 0.3) is 5.69 Å². The SMILES string of the molecule is Nc1cc(NCc2cc(F)ccc2F)ccc1[N+](=O)[O-]. The minimum Gasteiger partial charge on any atom is -0.393 e. The highest BCUT2D eigenvalue weighted by Crippen LogP contribution is 2.25. The summed E-state index contributed by atoms with van der Waals surface area (Å²) in [6.45, 7) is 0.0425. The fourth-order valence-corrected chi connectivity index (χ4v) is 1.71. The molecule has 20 heavy (non-hydrogen) atoms. The van der Waals surface area contributed by atoms with Crippen LogP contribution >= 0.6 is 0 Å². The minimum atomic E-state index is -0.592. The van der Waals surface area contributed by atoms with Crippen LogP contribution in [0.3, 0.4) is 0 Å². The number of rotatable bonds is 4. The van der Waals surface area contributed by atoms with Crippen LogP contribution in [-0.4, -0.2) is 4.92 Å². The maximum absolute atomic E-state index is 13.4. The molecule has 0 saturated heterocycles. The molecule has 0 heterocycles. The molecule has 0 spiro atoms. The van der Waals surface area contributed by atoms with Gasteiger partial charge in [-0.2, -0.15) is 0 Å². The van der Waals surface area contributed by atoms with Crippen molar-refractivity contribution in [1.29, 1.82) is 0 Å². The van der Waals surface area contributed by atoms with Crippen LogP contribution in [0.15, 0.2) is 36.4 Å². The fourth-order valence-electron chi connectivity index (χ4n) is 1.71. The van der Waals surface area contributed by atoms with Crippen molar-refractivity contribution in [2.24, 2.45) is 0 Å². The second kappa shape index (κ2) is 5.52. The largest absolute Gasteiger partial charge is 0.393 e. The van der Waals surface area contributed by atoms with Crippen molar-refractivity contribution in [3.63, 3.8) is 0 Å². The lowest BCUT2D eigenvalue weighted by Crippen LogP contribution is -2.03. The first-order chi connectivity index (χ1) is 9.47. The van der Waals surface area contributed by atoms with Gasteiger partial charge in [0.2, 0.25) is 0 Å². The number of nitrogen functional groups attached to an aromatic ring is 1. The second-order valence-corrected chi connectivity index (χ2v) is 4.12. The van der Waals surface area contributed by atoms with E-state index in [1.165, 1.54) is 18.2 Å². The Morgan fingerprint density at radius 2 is 1.95 bits per heavy atom. The molecule has 0 bridgehead atoms. The molecule has 7 heteroatoms. The molecule has 3 N–H and O–H groups in total. The van der Waals surface area contributed by atoms with Crippen molar-refractivity contribution in [1.82, 2.24) is 0 Å². The van der Waals surface area contributed by atoms with Crippen LogP contribution in [0, 0.1) is 21.7 Å². The number of hydrogen-bond acceptors (Lipinski definition) is 4. The summed E-state index contributed by atoms with van der Waals surface area (Å²) in [4.78, 5) is 10.0. The van der Waals surface area contributed by atoms with Crippen LogP contribution in [-0.2, 0) is 6.54 Å². The zero-order chi connectivity index (χ0) is 14.7. The third-order valence-corrected chi connectivity index (χ3v) is 2.71. The third-order valence-electron chi connectivity index (χ3n) is 2.71. The molecule has 0 atom stereocenters. The summed E-state index contributed by atoms with van der Waals surface area (Å²) in [5.41, 5.74) is 5.97. The number of nitrogens with one attached hydrogen (secondary N) is 1. The Bertz CT molecular complexity index is 662. The van der Waals surface area contributed by atoms with Gasteiger partial charge in [-0.15, -0.1) is 0 Å². The zero-order valence-electron chi connectivity index (χ0n) is 10.3. The number of nitrogens with two attached hydrogens (primary N) is 1. The molecule has 0 radical (unpaired) electrons. The van der Waals surface area contributed by atoms with Crippen LogP contribution in [0.25, 0.3) is 0 Å². The van der Waals surface area contributed by atoms with E-state index in [4.69, 9.17) is 5.73 Å². The van der Waals surface area contributed by atoms with Gasteiger partial charge in [0.05, 0.1) is 4.92 Å². The zero-order valence-corrected chi connectivity index (χ0v) is 10.3. The molecule has 0 unspecified atom stereocenters. The molecule has 5 nitrogen and oxygen atoms in total. The molecular weight excluding hydrogens is 268 g/mol. The standard InChI is InChI=1S/C13H11F2N3O2/c14-9-1-3-11(15)8(5-9)7-17-10-2-4-13(18(19)20)12(16)6-10/h1-6,17H,7,16H2. The molecule has 0 amide bonds. The van der Waals surface area contributed by atoms with Crippen molar-refractivity contribution in [3.05, 3.63) is 63.7 Å². The van der Waals surface area contributed by atoms with Gasteiger partial charge in [0.15, 0.2) is 0 Å². The summed E-state index contributed by atoms with van der Waals surface area (Å²) < 4.78 is 26.4. The molecule has 2 aromatic carbocycles. The normalized spacial score (nSPS) is 10.3. The number of hydrogen-bond donors (Lipinski definition) is 2. The summed E-state index contributed by atoms with van der Waals surface area (Å²) in [6, 6.07) is 7.22. The van der Waals surface area contributed by atoms with Crippen LogP contribution in [0.4, 0.5) is 25.8 Å². The summed E-state index contributed by atoms with van der Waals surface area (Å²) in [5, 5.41) is 13.4. The first-order valence-electron chi connectivity index (χ1n) is 5.69. The van der Waals surface area contributed by atoms with E-state index >= 15 is 0 Å². The first kappa shape index (κ1) is 13.7. The van der Waals surface area contributed by atoms with E-state index in [1.807, 2.05) is 0 Å². The lowest BCUT2D eigenvalue weighted by molar-refractivity contribution is -0.383. The van der Waals surface area contributed by atoms with E-state index in [-0.39, 0.29) is 23.5 Å². The molecule has 104 valence electrons. The van der Waals surface area contributed by atoms with E-state index in [0.29, 0.717) is 5.69 Å². The summed E-state index contributed by atoms with van der Waals surface area (Å²) in [5.74, 6) is -1.07. The highest BCUT2D eigenvalue weighted by Gasteiger charge is 2.11. The molecular formula is C13H11F2N3O2. The minimum absolute atomic E-state index is 0.000265. The van der Waals surface area contributed by atoms with Crippen LogP contribution < -0.4 is 11.1 Å². The lowest BCUT2D eigenvalue weighted by atomic mass is 10.2. The molecule has 0 aromatic heterocycles. The van der Waals surface area contributed by atoms with Crippen molar-refractivity contribution < 1.29 is 13.7 Å². The lowest BCUT2D eigenvalue weighted by Gasteiger charge is -2.08. The Morgan fingerprint density at radius 1 is 1.20 bits per heavy atom. The second-order valence-electron chi connectivity index (χ2n) is 4.12. The predicted molar refractivity (Wildman–Crippen MR) is 71.2 cm³/mol. The molecule has 0 aliphatic rings. The maximum Gasteiger partial charge on any atom is 0.292 e. The van der Waals surface area contributed by atoms with E-state index in [2.05, 4.69) is 5.32 Å². The highest BCUT2D eigenvalue weighted by atomic mass is 19.1. The van der Waals surface area contributed by atoms with Gasteiger partial charge in [-0.25, -0.2) is 8.78 Å². The van der Waals surface area contributed by atoms with Crippen molar-refractivity contribution in [3.8, 4) is 0 Å². The van der Waals surface area contributed by atoms with Gasteiger partial charge >= 0.3 is 0 Å². The van der Waals surface area contributed by atoms with Crippen LogP contribution in [0.5, 0.6) is 0 Å². The number of nitro benzene ring substituents is 1. The summed E-state index contributed by atoms with van der Waals surface area (Å²) in [7, 11) is 0. The first-order valence-corrected chi connectivity index (χ1v) is 5.69. The third kappa shape index (κ3) is 3.00. The fraction of sp³-hybridized carbons (Fsp3) is 0.0769. The van der Waals surface area contributed by atoms with Crippen LogP contribution in [0.2, 0.25) is 0 Å². The topological polar surface area (TPSA) is 81.2 Å². The quantitative estimate of drug-likeness (QED) is 0.512. The molecule has 0 aliphatic heterocycles. The van der Waals surface area contributed by atoms with Crippen molar-refractivity contribution in [2.75, 3.05) is 11.1 Å². The predicted octanol–water partition coefficient (Wildman–Crippen LogP) is 3.07. The summed E-state index contributed by atoms with van der Waals surface area (Å²) >= 11 is 0. The molecule has 0 saturated carbocycles. The summed E-state index contributed by atoms with van der Waals surface area (Å²) in [6.07, 6.45) is 0. The Hall–Kier alpha value is -2.70. The van der Waals surface area contributed by atoms with E-state index in [9.17, 15) is 18.9 Å². The Balaban J connectivity index is 2.13. The Morgan fingerprint density at radius 3 is 2.60 bits per heavy atom. The molecule has 0 aliphatic carbocycles. The number of benzene rings is 2. The van der Waals surface area contributed by atoms with E-state index in [0.717, 1.165) is 18.2 Å². The van der Waals surface area contributed by atoms with Gasteiger partial charge in [0, 0.05) is 23.9 Å². The Kier molecular flexibility index (Phi) is 3.79. The van der Waals surface area contributed by atoms with Gasteiger partial charge in [-0.3, -0.25) is 10.1 Å². The van der Waals surface area contributed by atoms with Gasteiger partial charge in [0.1, 0.15) is 17.3 Å². The maximum atomic E-state index is 13.4. The Labute approximate surface area is 113 Å². The monoisotopic (exact) mass is 279 g/mol. The average Bonchev–Trinajstić information content (AvgIpc) is 2.39. The smallest absolute Gasteiger partial charge is 0.292 e. The van der Waals surface area contributed by atoms with Gasteiger partial charge in [-0.05, 0) is 30.3 Å². The number of halogens is 2. The van der Waals surface area contributed by atoms with E-state index in [1.54, 1.807) is 0 Å². The number of anilines is 2. The highest BCUT2D eigenvalue weighted by molar-refractivity contribution is 5.65. The van der Waals surface area contributed by atoms with E-state index < -0.39 is 16.6 Å². The van der Waals surface area contributed by atoms with Crippen molar-refractivity contribution in [2.45, 2.75) is 6.54 Å². The number of nitrogens with zero attached hydrogens (tertiary/aromatic N) is 1. The molecule has 2 aromatic rings. The molecule has 0 fully saturated rings. The molecule has 2 rings (SSSR count).